The van der Waals surface area contributed by atoms with Gasteiger partial charge in [0, 0.05) is 18.0 Å². The summed E-state index contributed by atoms with van der Waals surface area (Å²) in [4.78, 5) is 2.08. The predicted molar refractivity (Wildman–Crippen MR) is 79.5 cm³/mol. The lowest BCUT2D eigenvalue weighted by Crippen LogP contribution is -2.23. The van der Waals surface area contributed by atoms with Gasteiger partial charge in [-0.3, -0.25) is 0 Å². The normalized spacial score (nSPS) is 12.2. The number of thioether (sulfide) groups is 1. The lowest BCUT2D eigenvalue weighted by Gasteiger charge is -2.21. The fourth-order valence-electron chi connectivity index (χ4n) is 1.28. The zero-order valence-electron chi connectivity index (χ0n) is 10.4. The van der Waals surface area contributed by atoms with Gasteiger partial charge in [-0.1, -0.05) is 50.0 Å². The van der Waals surface area contributed by atoms with Crippen LogP contribution in [-0.4, -0.2) is 16.6 Å². The van der Waals surface area contributed by atoms with Crippen LogP contribution >= 0.6 is 24.0 Å². The third-order valence-electron chi connectivity index (χ3n) is 2.54. The van der Waals surface area contributed by atoms with Gasteiger partial charge in [-0.25, -0.2) is 0 Å². The topological polar surface area (TPSA) is 3.24 Å². The molecular weight excluding hydrogens is 234 g/mol. The van der Waals surface area contributed by atoms with Crippen molar-refractivity contribution in [2.75, 3.05) is 11.9 Å². The second-order valence-corrected chi connectivity index (χ2v) is 6.07. The van der Waals surface area contributed by atoms with E-state index in [0.717, 1.165) is 10.7 Å². The molecule has 0 aliphatic carbocycles. The van der Waals surface area contributed by atoms with E-state index in [-0.39, 0.29) is 0 Å². The van der Waals surface area contributed by atoms with Gasteiger partial charge in [0.1, 0.15) is 4.32 Å². The predicted octanol–water partition coefficient (Wildman–Crippen LogP) is 4.25. The van der Waals surface area contributed by atoms with Gasteiger partial charge >= 0.3 is 0 Å². The van der Waals surface area contributed by atoms with E-state index in [1.54, 1.807) is 11.8 Å². The van der Waals surface area contributed by atoms with Gasteiger partial charge in [-0.15, -0.1) is 0 Å². The molecule has 0 radical (unpaired) electrons. The molecule has 1 atom stereocenters. The minimum Gasteiger partial charge on any atom is -0.330 e. The van der Waals surface area contributed by atoms with E-state index in [0.29, 0.717) is 5.25 Å². The molecule has 1 rings (SSSR count). The Hall–Kier alpha value is -0.540. The molecule has 0 N–H and O–H groups in total. The second-order valence-electron chi connectivity index (χ2n) is 4.00. The van der Waals surface area contributed by atoms with Gasteiger partial charge in [-0.2, -0.15) is 0 Å². The second kappa shape index (κ2) is 6.26. The van der Waals surface area contributed by atoms with Crippen LogP contribution in [0.3, 0.4) is 0 Å². The number of hydrogen-bond donors (Lipinski definition) is 0. The SMILES string of the molecule is CCC(C)SC(=S)N(C)c1cccc(C)c1. The molecule has 0 aliphatic heterocycles. The number of rotatable bonds is 3. The molecule has 1 unspecified atom stereocenters. The standard InChI is InChI=1S/C13H19NS2/c1-5-11(3)16-13(15)14(4)12-8-6-7-10(2)9-12/h6-9,11H,5H2,1-4H3. The van der Waals surface area contributed by atoms with Crippen molar-refractivity contribution in [1.29, 1.82) is 0 Å². The first kappa shape index (κ1) is 13.5. The molecular formula is C13H19NS2. The van der Waals surface area contributed by atoms with Crippen molar-refractivity contribution in [1.82, 2.24) is 0 Å². The van der Waals surface area contributed by atoms with Crippen molar-refractivity contribution in [3.63, 3.8) is 0 Å². The summed E-state index contributed by atoms with van der Waals surface area (Å²) in [6.07, 6.45) is 1.15. The molecule has 0 saturated heterocycles. The third-order valence-corrected chi connectivity index (χ3v) is 4.31. The molecule has 0 heterocycles. The van der Waals surface area contributed by atoms with Crippen LogP contribution in [0.5, 0.6) is 0 Å². The molecule has 0 aromatic heterocycles. The van der Waals surface area contributed by atoms with Gasteiger partial charge < -0.3 is 4.90 Å². The van der Waals surface area contributed by atoms with Gasteiger partial charge in [0.15, 0.2) is 0 Å². The lowest BCUT2D eigenvalue weighted by molar-refractivity contribution is 0.911. The first-order valence-electron chi connectivity index (χ1n) is 5.55. The Balaban J connectivity index is 2.70. The van der Waals surface area contributed by atoms with E-state index in [4.69, 9.17) is 12.2 Å². The molecule has 0 saturated carbocycles. The van der Waals surface area contributed by atoms with Crippen LogP contribution in [0, 0.1) is 6.92 Å². The maximum atomic E-state index is 5.43. The van der Waals surface area contributed by atoms with Gasteiger partial charge in [0.2, 0.25) is 0 Å². The van der Waals surface area contributed by atoms with Crippen LogP contribution in [0.15, 0.2) is 24.3 Å². The van der Waals surface area contributed by atoms with Gasteiger partial charge in [-0.05, 0) is 31.0 Å². The first-order chi connectivity index (χ1) is 7.54. The van der Waals surface area contributed by atoms with Crippen molar-refractivity contribution in [2.45, 2.75) is 32.4 Å². The fraction of sp³-hybridized carbons (Fsp3) is 0.462. The van der Waals surface area contributed by atoms with Gasteiger partial charge in [0.25, 0.3) is 0 Å². The minimum absolute atomic E-state index is 0.583. The number of nitrogens with zero attached hydrogens (tertiary/aromatic N) is 1. The van der Waals surface area contributed by atoms with Crippen LogP contribution in [0.4, 0.5) is 5.69 Å². The Morgan fingerprint density at radius 1 is 1.50 bits per heavy atom. The van der Waals surface area contributed by atoms with Crippen molar-refractivity contribution in [2.24, 2.45) is 0 Å². The number of benzene rings is 1. The summed E-state index contributed by atoms with van der Waals surface area (Å²) in [5.74, 6) is 0. The molecule has 1 nitrogen and oxygen atoms in total. The van der Waals surface area contributed by atoms with Crippen molar-refractivity contribution in [3.8, 4) is 0 Å². The molecule has 3 heteroatoms. The highest BCUT2D eigenvalue weighted by molar-refractivity contribution is 8.23. The average molecular weight is 253 g/mol. The van der Waals surface area contributed by atoms with E-state index >= 15 is 0 Å². The highest BCUT2D eigenvalue weighted by Crippen LogP contribution is 2.23. The number of aryl methyl sites for hydroxylation is 1. The van der Waals surface area contributed by atoms with Crippen LogP contribution < -0.4 is 4.90 Å². The molecule has 0 aliphatic rings. The molecule has 1 aromatic rings. The molecule has 16 heavy (non-hydrogen) atoms. The number of anilines is 1. The summed E-state index contributed by atoms with van der Waals surface area (Å²) >= 11 is 7.20. The van der Waals surface area contributed by atoms with E-state index < -0.39 is 0 Å². The zero-order valence-corrected chi connectivity index (χ0v) is 12.0. The summed E-state index contributed by atoms with van der Waals surface area (Å²) in [5.41, 5.74) is 2.43. The molecule has 88 valence electrons. The largest absolute Gasteiger partial charge is 0.330 e. The highest BCUT2D eigenvalue weighted by Gasteiger charge is 2.10. The molecule has 0 fully saturated rings. The van der Waals surface area contributed by atoms with Crippen molar-refractivity contribution < 1.29 is 0 Å². The Bertz CT molecular complexity index is 363. The van der Waals surface area contributed by atoms with E-state index in [2.05, 4.69) is 49.9 Å². The Morgan fingerprint density at radius 2 is 2.19 bits per heavy atom. The van der Waals surface area contributed by atoms with Crippen molar-refractivity contribution >= 4 is 34.0 Å². The van der Waals surface area contributed by atoms with Gasteiger partial charge in [0.05, 0.1) is 0 Å². The summed E-state index contributed by atoms with van der Waals surface area (Å²) in [6, 6.07) is 8.42. The number of thiocarbonyl (C=S) groups is 1. The molecule has 0 bridgehead atoms. The summed E-state index contributed by atoms with van der Waals surface area (Å²) < 4.78 is 0.944. The highest BCUT2D eigenvalue weighted by atomic mass is 32.2. The lowest BCUT2D eigenvalue weighted by atomic mass is 10.2. The van der Waals surface area contributed by atoms with Crippen LogP contribution in [-0.2, 0) is 0 Å². The van der Waals surface area contributed by atoms with E-state index in [1.165, 1.54) is 11.3 Å². The first-order valence-corrected chi connectivity index (χ1v) is 6.84. The fourth-order valence-corrected chi connectivity index (χ4v) is 2.65. The van der Waals surface area contributed by atoms with Crippen LogP contribution in [0.25, 0.3) is 0 Å². The Labute approximate surface area is 108 Å². The number of hydrogen-bond acceptors (Lipinski definition) is 2. The minimum atomic E-state index is 0.583. The van der Waals surface area contributed by atoms with Crippen LogP contribution in [0.1, 0.15) is 25.8 Å². The summed E-state index contributed by atoms with van der Waals surface area (Å²) in [7, 11) is 2.03. The summed E-state index contributed by atoms with van der Waals surface area (Å²) in [5, 5.41) is 0.583. The zero-order chi connectivity index (χ0) is 12.1. The van der Waals surface area contributed by atoms with Crippen LogP contribution in [0.2, 0.25) is 0 Å². The quantitative estimate of drug-likeness (QED) is 0.742. The maximum Gasteiger partial charge on any atom is 0.140 e. The molecule has 0 amide bonds. The Morgan fingerprint density at radius 3 is 2.75 bits per heavy atom. The molecule has 1 aromatic carbocycles. The Kier molecular flexibility index (Phi) is 5.29. The van der Waals surface area contributed by atoms with E-state index in [9.17, 15) is 0 Å². The monoisotopic (exact) mass is 253 g/mol. The van der Waals surface area contributed by atoms with Crippen molar-refractivity contribution in [3.05, 3.63) is 29.8 Å². The average Bonchev–Trinajstić information content (AvgIpc) is 2.27. The maximum absolute atomic E-state index is 5.43. The summed E-state index contributed by atoms with van der Waals surface area (Å²) in [6.45, 7) is 6.50. The smallest absolute Gasteiger partial charge is 0.140 e. The third kappa shape index (κ3) is 3.80. The van der Waals surface area contributed by atoms with E-state index in [1.807, 2.05) is 7.05 Å². The molecule has 0 spiro atoms.